The number of nitrogens with one attached hydrogen (secondary N) is 1. The summed E-state index contributed by atoms with van der Waals surface area (Å²) < 4.78 is 18.0. The van der Waals surface area contributed by atoms with Crippen LogP contribution in [-0.4, -0.2) is 67.2 Å². The molecule has 0 atom stereocenters. The maximum atomic E-state index is 13.1. The van der Waals surface area contributed by atoms with Crippen LogP contribution in [0.4, 0.5) is 0 Å². The Morgan fingerprint density at radius 2 is 1.69 bits per heavy atom. The summed E-state index contributed by atoms with van der Waals surface area (Å²) >= 11 is 0. The molecule has 0 bridgehead atoms. The molecule has 0 aliphatic carbocycles. The molecular formula is C27H34N4O5. The van der Waals surface area contributed by atoms with Crippen LogP contribution in [0.3, 0.4) is 0 Å². The van der Waals surface area contributed by atoms with E-state index < -0.39 is 0 Å². The maximum Gasteiger partial charge on any atom is 0.251 e. The molecule has 0 unspecified atom stereocenters. The highest BCUT2D eigenvalue weighted by molar-refractivity contribution is 5.95. The summed E-state index contributed by atoms with van der Waals surface area (Å²) in [5.74, 6) is 2.51. The van der Waals surface area contributed by atoms with Crippen molar-refractivity contribution in [1.29, 1.82) is 0 Å². The molecule has 2 amide bonds. The van der Waals surface area contributed by atoms with Crippen molar-refractivity contribution in [3.63, 3.8) is 0 Å². The largest absolute Gasteiger partial charge is 0.493 e. The molecule has 0 spiro atoms. The van der Waals surface area contributed by atoms with Gasteiger partial charge in [0, 0.05) is 31.6 Å². The normalized spacial score (nSPS) is 14.1. The van der Waals surface area contributed by atoms with E-state index >= 15 is 0 Å². The van der Waals surface area contributed by atoms with Crippen molar-refractivity contribution < 1.29 is 23.8 Å². The van der Waals surface area contributed by atoms with Crippen LogP contribution in [-0.2, 0) is 17.8 Å². The molecule has 3 aromatic rings. The van der Waals surface area contributed by atoms with Crippen molar-refractivity contribution in [2.24, 2.45) is 5.92 Å². The number of likely N-dealkylation sites (tertiary alicyclic amines) is 1. The zero-order chi connectivity index (χ0) is 25.7. The molecule has 0 radical (unpaired) electrons. The first-order valence-corrected chi connectivity index (χ1v) is 12.2. The molecule has 1 aliphatic rings. The SMILES string of the molecule is COc1cc(C(=O)NCCc2nc3ccccc3n2CC(=O)N2CCC(C)CC2)cc(OC)c1OC. The van der Waals surface area contributed by atoms with Gasteiger partial charge < -0.3 is 29.0 Å². The van der Waals surface area contributed by atoms with Gasteiger partial charge >= 0.3 is 0 Å². The highest BCUT2D eigenvalue weighted by Gasteiger charge is 2.22. The van der Waals surface area contributed by atoms with E-state index in [1.54, 1.807) is 12.1 Å². The van der Waals surface area contributed by atoms with Crippen molar-refractivity contribution in [3.05, 3.63) is 47.8 Å². The van der Waals surface area contributed by atoms with E-state index in [4.69, 9.17) is 19.2 Å². The number of rotatable bonds is 9. The second kappa shape index (κ2) is 11.3. The monoisotopic (exact) mass is 494 g/mol. The van der Waals surface area contributed by atoms with Gasteiger partial charge in [0.15, 0.2) is 11.5 Å². The highest BCUT2D eigenvalue weighted by atomic mass is 16.5. The number of amides is 2. The Morgan fingerprint density at radius 1 is 1.03 bits per heavy atom. The minimum absolute atomic E-state index is 0.104. The lowest BCUT2D eigenvalue weighted by Gasteiger charge is -2.30. The van der Waals surface area contributed by atoms with Gasteiger partial charge in [0.1, 0.15) is 12.4 Å². The average Bonchev–Trinajstić information content (AvgIpc) is 3.24. The summed E-state index contributed by atoms with van der Waals surface area (Å²) in [5.41, 5.74) is 2.15. The van der Waals surface area contributed by atoms with Crippen LogP contribution in [0.2, 0.25) is 0 Å². The number of fused-ring (bicyclic) bond motifs is 1. The third-order valence-electron chi connectivity index (χ3n) is 6.72. The van der Waals surface area contributed by atoms with Crippen LogP contribution < -0.4 is 19.5 Å². The first kappa shape index (κ1) is 25.3. The van der Waals surface area contributed by atoms with Gasteiger partial charge in [-0.1, -0.05) is 19.1 Å². The predicted molar refractivity (Wildman–Crippen MR) is 137 cm³/mol. The quantitative estimate of drug-likeness (QED) is 0.491. The fraction of sp³-hybridized carbons (Fsp3) is 0.444. The molecule has 9 heteroatoms. The van der Waals surface area contributed by atoms with Crippen molar-refractivity contribution in [3.8, 4) is 17.2 Å². The van der Waals surface area contributed by atoms with Crippen LogP contribution in [0.15, 0.2) is 36.4 Å². The van der Waals surface area contributed by atoms with E-state index in [2.05, 4.69) is 12.2 Å². The van der Waals surface area contributed by atoms with Crippen LogP contribution in [0.5, 0.6) is 17.2 Å². The number of hydrogen-bond donors (Lipinski definition) is 1. The van der Waals surface area contributed by atoms with E-state index in [0.717, 1.165) is 42.8 Å². The Balaban J connectivity index is 1.47. The molecule has 2 heterocycles. The smallest absolute Gasteiger partial charge is 0.251 e. The molecule has 1 N–H and O–H groups in total. The minimum atomic E-state index is -0.268. The minimum Gasteiger partial charge on any atom is -0.493 e. The van der Waals surface area contributed by atoms with Gasteiger partial charge in [0.25, 0.3) is 5.91 Å². The number of hydrogen-bond acceptors (Lipinski definition) is 6. The molecule has 1 aliphatic heterocycles. The summed E-state index contributed by atoms with van der Waals surface area (Å²) in [6.07, 6.45) is 2.56. The second-order valence-electron chi connectivity index (χ2n) is 9.09. The molecule has 1 fully saturated rings. The number of methoxy groups -OCH3 is 3. The van der Waals surface area contributed by atoms with Crippen LogP contribution >= 0.6 is 0 Å². The van der Waals surface area contributed by atoms with Crippen molar-refractivity contribution in [2.45, 2.75) is 32.7 Å². The van der Waals surface area contributed by atoms with E-state index in [1.807, 2.05) is 33.7 Å². The van der Waals surface area contributed by atoms with E-state index in [0.29, 0.717) is 41.7 Å². The topological polar surface area (TPSA) is 94.9 Å². The number of aromatic nitrogens is 2. The maximum absolute atomic E-state index is 13.1. The summed E-state index contributed by atoms with van der Waals surface area (Å²) in [6.45, 7) is 4.43. The molecule has 1 saturated heterocycles. The lowest BCUT2D eigenvalue weighted by atomic mass is 9.99. The van der Waals surface area contributed by atoms with Gasteiger partial charge in [-0.2, -0.15) is 0 Å². The fourth-order valence-corrected chi connectivity index (χ4v) is 4.59. The van der Waals surface area contributed by atoms with Gasteiger partial charge in [0.05, 0.1) is 32.4 Å². The Hall–Kier alpha value is -3.75. The number of carbonyl (C=O) groups excluding carboxylic acids is 2. The number of benzene rings is 2. The number of para-hydroxylation sites is 2. The molecule has 1 aromatic heterocycles. The van der Waals surface area contributed by atoms with Crippen molar-refractivity contribution in [2.75, 3.05) is 41.0 Å². The van der Waals surface area contributed by atoms with Gasteiger partial charge in [-0.05, 0) is 43.0 Å². The standard InChI is InChI=1S/C27H34N4O5/c1-18-10-13-30(14-11-18)25(32)17-31-21-8-6-5-7-20(21)29-24(31)9-12-28-27(33)19-15-22(34-2)26(36-4)23(16-19)35-3/h5-8,15-16,18H,9-14,17H2,1-4H3,(H,28,33). The Morgan fingerprint density at radius 3 is 2.33 bits per heavy atom. The Labute approximate surface area is 211 Å². The van der Waals surface area contributed by atoms with Crippen LogP contribution in [0.1, 0.15) is 35.9 Å². The number of nitrogens with zero attached hydrogens (tertiary/aromatic N) is 3. The van der Waals surface area contributed by atoms with Gasteiger partial charge in [-0.25, -0.2) is 4.98 Å². The molecular weight excluding hydrogens is 460 g/mol. The first-order chi connectivity index (χ1) is 17.4. The lowest BCUT2D eigenvalue weighted by Crippen LogP contribution is -2.40. The summed E-state index contributed by atoms with van der Waals surface area (Å²) in [7, 11) is 4.53. The number of ether oxygens (including phenoxy) is 3. The van der Waals surface area contributed by atoms with E-state index in [-0.39, 0.29) is 18.4 Å². The second-order valence-corrected chi connectivity index (χ2v) is 9.09. The molecule has 0 saturated carbocycles. The first-order valence-electron chi connectivity index (χ1n) is 12.2. The number of imidazole rings is 1. The lowest BCUT2D eigenvalue weighted by molar-refractivity contribution is -0.133. The van der Waals surface area contributed by atoms with Crippen LogP contribution in [0, 0.1) is 5.92 Å². The highest BCUT2D eigenvalue weighted by Crippen LogP contribution is 2.38. The Bertz CT molecular complexity index is 1210. The fourth-order valence-electron chi connectivity index (χ4n) is 4.59. The van der Waals surface area contributed by atoms with Crippen LogP contribution in [0.25, 0.3) is 11.0 Å². The molecule has 9 nitrogen and oxygen atoms in total. The summed E-state index contributed by atoms with van der Waals surface area (Å²) in [4.78, 5) is 32.7. The zero-order valence-corrected chi connectivity index (χ0v) is 21.4. The molecule has 192 valence electrons. The third-order valence-corrected chi connectivity index (χ3v) is 6.72. The predicted octanol–water partition coefficient (Wildman–Crippen LogP) is 3.29. The van der Waals surface area contributed by atoms with Gasteiger partial charge in [0.2, 0.25) is 11.7 Å². The van der Waals surface area contributed by atoms with Crippen molar-refractivity contribution in [1.82, 2.24) is 19.8 Å². The third kappa shape index (κ3) is 5.40. The molecule has 2 aromatic carbocycles. The number of carbonyl (C=O) groups is 2. The van der Waals surface area contributed by atoms with Gasteiger partial charge in [-0.3, -0.25) is 9.59 Å². The zero-order valence-electron chi connectivity index (χ0n) is 21.4. The summed E-state index contributed by atoms with van der Waals surface area (Å²) in [5, 5.41) is 2.94. The van der Waals surface area contributed by atoms with Crippen molar-refractivity contribution >= 4 is 22.8 Å². The van der Waals surface area contributed by atoms with E-state index in [1.165, 1.54) is 21.3 Å². The summed E-state index contributed by atoms with van der Waals surface area (Å²) in [6, 6.07) is 11.0. The number of piperidine rings is 1. The molecule has 36 heavy (non-hydrogen) atoms. The molecule has 4 rings (SSSR count). The average molecular weight is 495 g/mol. The Kier molecular flexibility index (Phi) is 7.97. The van der Waals surface area contributed by atoms with Gasteiger partial charge in [-0.15, -0.1) is 0 Å². The van der Waals surface area contributed by atoms with E-state index in [9.17, 15) is 9.59 Å².